The number of rotatable bonds is 14. The Hall–Kier alpha value is -1.48. The number of hydrogen-bond donors (Lipinski definition) is 2. The molecular formula is C24H47N3O5S. The van der Waals surface area contributed by atoms with Crippen molar-refractivity contribution >= 4 is 29.7 Å². The van der Waals surface area contributed by atoms with Crippen LogP contribution in [0.5, 0.6) is 0 Å². The van der Waals surface area contributed by atoms with E-state index in [1.54, 1.807) is 11.8 Å². The van der Waals surface area contributed by atoms with E-state index in [-0.39, 0.29) is 23.8 Å². The second-order valence-electron chi connectivity index (χ2n) is 9.77. The van der Waals surface area contributed by atoms with E-state index in [1.165, 1.54) is 7.11 Å². The highest BCUT2D eigenvalue weighted by atomic mass is 32.2. The van der Waals surface area contributed by atoms with Crippen LogP contribution < -0.4 is 10.6 Å². The van der Waals surface area contributed by atoms with E-state index in [0.717, 1.165) is 18.6 Å². The first-order chi connectivity index (χ1) is 15.3. The monoisotopic (exact) mass is 489 g/mol. The van der Waals surface area contributed by atoms with Crippen molar-refractivity contribution in [1.82, 2.24) is 15.5 Å². The van der Waals surface area contributed by atoms with Crippen LogP contribution >= 0.6 is 11.8 Å². The summed E-state index contributed by atoms with van der Waals surface area (Å²) in [5.74, 6) is 0.327. The molecule has 0 aromatic rings. The Balaban J connectivity index is 5.58. The number of carbonyl (C=O) groups excluding carboxylic acids is 3. The number of alkyl carbamates (subject to hydrolysis) is 1. The lowest BCUT2D eigenvalue weighted by atomic mass is 9.94. The van der Waals surface area contributed by atoms with Gasteiger partial charge in [-0.1, -0.05) is 40.5 Å². The minimum Gasteiger partial charge on any atom is -0.467 e. The molecule has 0 rings (SSSR count). The number of nitrogens with one attached hydrogen (secondary N) is 2. The minimum atomic E-state index is -0.680. The van der Waals surface area contributed by atoms with Crippen LogP contribution in [0.1, 0.15) is 67.7 Å². The topological polar surface area (TPSA) is 97.0 Å². The fraction of sp³-hybridized carbons (Fsp3) is 0.875. The fourth-order valence-corrected chi connectivity index (χ4v) is 4.01. The third-order valence-corrected chi connectivity index (χ3v) is 6.50. The molecule has 0 saturated heterocycles. The van der Waals surface area contributed by atoms with Gasteiger partial charge in [-0.15, -0.1) is 0 Å². The van der Waals surface area contributed by atoms with Crippen molar-refractivity contribution in [2.45, 2.75) is 91.5 Å². The molecule has 0 spiro atoms. The molecule has 0 unspecified atom stereocenters. The number of ether oxygens (including phenoxy) is 2. The first-order valence-corrected chi connectivity index (χ1v) is 13.3. The molecule has 0 aromatic heterocycles. The van der Waals surface area contributed by atoms with Crippen molar-refractivity contribution in [2.75, 3.05) is 32.7 Å². The summed E-state index contributed by atoms with van der Waals surface area (Å²) < 4.78 is 10.3. The lowest BCUT2D eigenvalue weighted by molar-refractivity contribution is -0.146. The molecule has 0 fully saturated rings. The zero-order valence-corrected chi connectivity index (χ0v) is 23.1. The standard InChI is InChI=1S/C24H47N3O5S/c1-11-16(3)19(26-23(30)32-24(5,6)7)15-27(8)20(17(4)12-2)21(28)25-18(13-14-33-10)22(29)31-9/h16-20H,11-15H2,1-10H3,(H,25,28)(H,26,30)/t16-,17-,18-,19+,20-/m0/s1. The van der Waals surface area contributed by atoms with E-state index in [1.807, 2.05) is 52.8 Å². The molecular weight excluding hydrogens is 442 g/mol. The van der Waals surface area contributed by atoms with E-state index >= 15 is 0 Å². The van der Waals surface area contributed by atoms with E-state index in [9.17, 15) is 14.4 Å². The van der Waals surface area contributed by atoms with Gasteiger partial charge in [-0.2, -0.15) is 11.8 Å². The number of hydrogen-bond acceptors (Lipinski definition) is 7. The zero-order chi connectivity index (χ0) is 25.8. The lowest BCUT2D eigenvalue weighted by Gasteiger charge is -2.36. The van der Waals surface area contributed by atoms with Gasteiger partial charge < -0.3 is 20.1 Å². The van der Waals surface area contributed by atoms with Gasteiger partial charge in [0.1, 0.15) is 11.6 Å². The normalized spacial score (nSPS) is 16.3. The average Bonchev–Trinajstić information content (AvgIpc) is 2.73. The molecule has 0 bridgehead atoms. The second-order valence-corrected chi connectivity index (χ2v) is 10.8. The van der Waals surface area contributed by atoms with Crippen molar-refractivity contribution in [3.63, 3.8) is 0 Å². The fourth-order valence-electron chi connectivity index (χ4n) is 3.54. The highest BCUT2D eigenvalue weighted by molar-refractivity contribution is 7.98. The van der Waals surface area contributed by atoms with Crippen molar-refractivity contribution < 1.29 is 23.9 Å². The maximum atomic E-state index is 13.3. The van der Waals surface area contributed by atoms with Crippen LogP contribution in [0.3, 0.4) is 0 Å². The van der Waals surface area contributed by atoms with Crippen molar-refractivity contribution in [1.29, 1.82) is 0 Å². The molecule has 9 heteroatoms. The maximum absolute atomic E-state index is 13.3. The molecule has 33 heavy (non-hydrogen) atoms. The Bertz CT molecular complexity index is 611. The number of amides is 2. The lowest BCUT2D eigenvalue weighted by Crippen LogP contribution is -2.57. The van der Waals surface area contributed by atoms with Gasteiger partial charge in [0.25, 0.3) is 0 Å². The third kappa shape index (κ3) is 12.0. The molecule has 0 aliphatic carbocycles. The van der Waals surface area contributed by atoms with Crippen molar-refractivity contribution in [2.24, 2.45) is 11.8 Å². The Morgan fingerprint density at radius 1 is 1.03 bits per heavy atom. The van der Waals surface area contributed by atoms with Gasteiger partial charge in [0, 0.05) is 12.6 Å². The number of carbonyl (C=O) groups is 3. The summed E-state index contributed by atoms with van der Waals surface area (Å²) in [4.78, 5) is 39.9. The van der Waals surface area contributed by atoms with Gasteiger partial charge in [-0.25, -0.2) is 9.59 Å². The summed E-state index contributed by atoms with van der Waals surface area (Å²) in [6, 6.07) is -1.33. The van der Waals surface area contributed by atoms with Crippen molar-refractivity contribution in [3.05, 3.63) is 0 Å². The quantitative estimate of drug-likeness (QED) is 0.359. The molecule has 2 amide bonds. The summed E-state index contributed by atoms with van der Waals surface area (Å²) >= 11 is 1.61. The smallest absolute Gasteiger partial charge is 0.407 e. The molecule has 5 atom stereocenters. The highest BCUT2D eigenvalue weighted by Crippen LogP contribution is 2.18. The predicted molar refractivity (Wildman–Crippen MR) is 135 cm³/mol. The average molecular weight is 490 g/mol. The van der Waals surface area contributed by atoms with Gasteiger partial charge in [0.2, 0.25) is 5.91 Å². The summed E-state index contributed by atoms with van der Waals surface area (Å²) in [5, 5.41) is 5.90. The third-order valence-electron chi connectivity index (χ3n) is 5.86. The molecule has 0 saturated carbocycles. The first-order valence-electron chi connectivity index (χ1n) is 11.9. The summed E-state index contributed by atoms with van der Waals surface area (Å²) in [5.41, 5.74) is -0.588. The summed E-state index contributed by atoms with van der Waals surface area (Å²) in [6.45, 7) is 14.2. The zero-order valence-electron chi connectivity index (χ0n) is 22.3. The number of likely N-dealkylation sites (N-methyl/N-ethyl adjacent to an activating group) is 1. The van der Waals surface area contributed by atoms with Gasteiger partial charge >= 0.3 is 12.1 Å². The van der Waals surface area contributed by atoms with Gasteiger partial charge in [0.05, 0.1) is 13.2 Å². The van der Waals surface area contributed by atoms with Gasteiger partial charge in [-0.3, -0.25) is 9.69 Å². The van der Waals surface area contributed by atoms with E-state index in [0.29, 0.717) is 13.0 Å². The highest BCUT2D eigenvalue weighted by Gasteiger charge is 2.34. The Morgan fingerprint density at radius 2 is 1.61 bits per heavy atom. The number of methoxy groups -OCH3 is 1. The number of nitrogens with zero attached hydrogens (tertiary/aromatic N) is 1. The van der Waals surface area contributed by atoms with Crippen molar-refractivity contribution in [3.8, 4) is 0 Å². The molecule has 0 heterocycles. The van der Waals surface area contributed by atoms with Crippen LogP contribution in [0.15, 0.2) is 0 Å². The van der Waals surface area contributed by atoms with Crippen LogP contribution in [-0.2, 0) is 19.1 Å². The van der Waals surface area contributed by atoms with Crippen LogP contribution in [0.4, 0.5) is 4.79 Å². The van der Waals surface area contributed by atoms with E-state index in [2.05, 4.69) is 24.5 Å². The Kier molecular flexibility index (Phi) is 14.7. The minimum absolute atomic E-state index is 0.0490. The molecule has 0 aromatic carbocycles. The predicted octanol–water partition coefficient (Wildman–Crippen LogP) is 3.68. The molecule has 0 aliphatic rings. The molecule has 0 radical (unpaired) electrons. The van der Waals surface area contributed by atoms with Crippen LogP contribution in [-0.4, -0.2) is 79.3 Å². The van der Waals surface area contributed by atoms with Crippen LogP contribution in [0.2, 0.25) is 0 Å². The van der Waals surface area contributed by atoms with Crippen LogP contribution in [0, 0.1) is 11.8 Å². The van der Waals surface area contributed by atoms with Gasteiger partial charge in [-0.05, 0) is 58.1 Å². The molecule has 194 valence electrons. The Morgan fingerprint density at radius 3 is 2.06 bits per heavy atom. The Labute approximate surface area is 205 Å². The van der Waals surface area contributed by atoms with E-state index in [4.69, 9.17) is 9.47 Å². The molecule has 8 nitrogen and oxygen atoms in total. The van der Waals surface area contributed by atoms with E-state index < -0.39 is 29.7 Å². The van der Waals surface area contributed by atoms with Crippen LogP contribution in [0.25, 0.3) is 0 Å². The second kappa shape index (κ2) is 15.4. The number of esters is 1. The summed E-state index contributed by atoms with van der Waals surface area (Å²) in [7, 11) is 3.22. The van der Waals surface area contributed by atoms with Gasteiger partial charge in [0.15, 0.2) is 0 Å². The number of thioether (sulfide) groups is 1. The maximum Gasteiger partial charge on any atom is 0.407 e. The molecule has 0 aliphatic heterocycles. The summed E-state index contributed by atoms with van der Waals surface area (Å²) in [6.07, 6.45) is 3.66. The largest absolute Gasteiger partial charge is 0.467 e. The SMILES string of the molecule is CC[C@H](C)[C@@H](C(=O)N[C@@H](CCSC)C(=O)OC)N(C)C[C@@H](NC(=O)OC(C)(C)C)[C@@H](C)CC. The molecule has 2 N–H and O–H groups in total. The first kappa shape index (κ1) is 31.5.